The van der Waals surface area contributed by atoms with Crippen molar-refractivity contribution in [3.05, 3.63) is 23.8 Å². The second-order valence-electron chi connectivity index (χ2n) is 5.31. The third kappa shape index (κ3) is 5.05. The fourth-order valence-electron chi connectivity index (χ4n) is 2.50. The van der Waals surface area contributed by atoms with Crippen LogP contribution in [-0.2, 0) is 14.8 Å². The zero-order valence-corrected chi connectivity index (χ0v) is 13.8. The highest BCUT2D eigenvalue weighted by atomic mass is 35.7. The molecule has 0 aromatic heterocycles. The van der Waals surface area contributed by atoms with Crippen LogP contribution in [0, 0.1) is 0 Å². The topological polar surface area (TPSA) is 55.8 Å². The van der Waals surface area contributed by atoms with E-state index in [0.29, 0.717) is 17.1 Å². The molecule has 2 rings (SSSR count). The van der Waals surface area contributed by atoms with Gasteiger partial charge in [0.2, 0.25) is 9.05 Å². The summed E-state index contributed by atoms with van der Waals surface area (Å²) in [5, 5.41) is 0. The van der Waals surface area contributed by atoms with Crippen LogP contribution in [0.25, 0.3) is 0 Å². The minimum Gasteiger partial charge on any atom is -0.493 e. The van der Waals surface area contributed by atoms with Crippen LogP contribution in [-0.4, -0.2) is 46.7 Å². The van der Waals surface area contributed by atoms with Crippen LogP contribution in [0.5, 0.6) is 11.5 Å². The SMILES string of the molecule is COc1ccc(CS(=O)(=O)Cl)cc1OC1CCCN(C)C1. The van der Waals surface area contributed by atoms with E-state index in [-0.39, 0.29) is 11.9 Å². The van der Waals surface area contributed by atoms with E-state index in [0.717, 1.165) is 25.9 Å². The third-order valence-corrected chi connectivity index (χ3v) is 4.45. The van der Waals surface area contributed by atoms with Crippen molar-refractivity contribution in [2.75, 3.05) is 27.2 Å². The first kappa shape index (κ1) is 16.4. The molecule has 1 aliphatic rings. The van der Waals surface area contributed by atoms with E-state index in [2.05, 4.69) is 11.9 Å². The Bertz CT molecular complexity index is 591. The molecule has 1 unspecified atom stereocenters. The largest absolute Gasteiger partial charge is 0.493 e. The van der Waals surface area contributed by atoms with E-state index in [4.69, 9.17) is 20.2 Å². The van der Waals surface area contributed by atoms with Gasteiger partial charge in [-0.2, -0.15) is 0 Å². The Morgan fingerprint density at radius 1 is 1.38 bits per heavy atom. The van der Waals surface area contributed by atoms with Crippen LogP contribution in [0.3, 0.4) is 0 Å². The highest BCUT2D eigenvalue weighted by molar-refractivity contribution is 8.13. The molecule has 1 aromatic carbocycles. The Hall–Kier alpha value is -0.980. The van der Waals surface area contributed by atoms with Crippen LogP contribution < -0.4 is 9.47 Å². The summed E-state index contributed by atoms with van der Waals surface area (Å²) < 4.78 is 33.6. The molecule has 5 nitrogen and oxygen atoms in total. The third-order valence-electron chi connectivity index (χ3n) is 3.44. The van der Waals surface area contributed by atoms with Crippen molar-refractivity contribution in [1.82, 2.24) is 4.90 Å². The Labute approximate surface area is 130 Å². The summed E-state index contributed by atoms with van der Waals surface area (Å²) in [6.45, 7) is 1.92. The van der Waals surface area contributed by atoms with Crippen LogP contribution in [0.4, 0.5) is 0 Å². The molecule has 118 valence electrons. The second kappa shape index (κ2) is 6.85. The molecule has 21 heavy (non-hydrogen) atoms. The van der Waals surface area contributed by atoms with Crippen molar-refractivity contribution in [3.8, 4) is 11.5 Å². The van der Waals surface area contributed by atoms with Gasteiger partial charge in [0.15, 0.2) is 11.5 Å². The number of hydrogen-bond acceptors (Lipinski definition) is 5. The molecule has 7 heteroatoms. The van der Waals surface area contributed by atoms with Gasteiger partial charge in [-0.15, -0.1) is 0 Å². The Kier molecular flexibility index (Phi) is 5.35. The van der Waals surface area contributed by atoms with Crippen LogP contribution in [0.2, 0.25) is 0 Å². The molecule has 0 saturated carbocycles. The number of likely N-dealkylation sites (N-methyl/N-ethyl adjacent to an activating group) is 1. The number of benzene rings is 1. The number of ether oxygens (including phenoxy) is 2. The van der Waals surface area contributed by atoms with Gasteiger partial charge < -0.3 is 14.4 Å². The first-order valence-corrected chi connectivity index (χ1v) is 9.29. The summed E-state index contributed by atoms with van der Waals surface area (Å²) in [6, 6.07) is 5.07. The maximum atomic E-state index is 11.2. The van der Waals surface area contributed by atoms with Crippen molar-refractivity contribution >= 4 is 19.7 Å². The van der Waals surface area contributed by atoms with Crippen molar-refractivity contribution in [2.45, 2.75) is 24.7 Å². The maximum absolute atomic E-state index is 11.2. The fraction of sp³-hybridized carbons (Fsp3) is 0.571. The van der Waals surface area contributed by atoms with E-state index >= 15 is 0 Å². The van der Waals surface area contributed by atoms with Gasteiger partial charge in [-0.1, -0.05) is 6.07 Å². The van der Waals surface area contributed by atoms with E-state index in [1.807, 2.05) is 0 Å². The van der Waals surface area contributed by atoms with Crippen molar-refractivity contribution < 1.29 is 17.9 Å². The van der Waals surface area contributed by atoms with Gasteiger partial charge in [-0.3, -0.25) is 0 Å². The summed E-state index contributed by atoms with van der Waals surface area (Å²) in [5.41, 5.74) is 0.588. The molecule has 0 amide bonds. The quantitative estimate of drug-likeness (QED) is 0.773. The molecular weight excluding hydrogens is 314 g/mol. The Morgan fingerprint density at radius 3 is 2.76 bits per heavy atom. The molecular formula is C14H20ClNO4S. The van der Waals surface area contributed by atoms with Crippen LogP contribution >= 0.6 is 10.7 Å². The molecule has 1 fully saturated rings. The van der Waals surface area contributed by atoms with Crippen molar-refractivity contribution in [3.63, 3.8) is 0 Å². The molecule has 0 spiro atoms. The summed E-state index contributed by atoms with van der Waals surface area (Å²) in [4.78, 5) is 2.22. The molecule has 1 atom stereocenters. The average molecular weight is 334 g/mol. The van der Waals surface area contributed by atoms with Gasteiger partial charge >= 0.3 is 0 Å². The Morgan fingerprint density at radius 2 is 2.14 bits per heavy atom. The van der Waals surface area contributed by atoms with E-state index in [1.54, 1.807) is 25.3 Å². The molecule has 1 heterocycles. The molecule has 0 radical (unpaired) electrons. The van der Waals surface area contributed by atoms with Gasteiger partial charge in [0.1, 0.15) is 6.10 Å². The number of piperidine rings is 1. The number of halogens is 1. The predicted octanol–water partition coefficient (Wildman–Crippen LogP) is 2.24. The predicted molar refractivity (Wildman–Crippen MR) is 82.6 cm³/mol. The van der Waals surface area contributed by atoms with Gasteiger partial charge in [-0.25, -0.2) is 8.42 Å². The molecule has 1 aromatic rings. The summed E-state index contributed by atoms with van der Waals surface area (Å²) >= 11 is 0. The van der Waals surface area contributed by atoms with Gasteiger partial charge in [0.05, 0.1) is 12.9 Å². The van der Waals surface area contributed by atoms with E-state index in [1.165, 1.54) is 0 Å². The zero-order valence-electron chi connectivity index (χ0n) is 12.2. The molecule has 1 aliphatic heterocycles. The highest BCUT2D eigenvalue weighted by Crippen LogP contribution is 2.31. The minimum absolute atomic E-state index is 0.0838. The number of rotatable bonds is 5. The number of methoxy groups -OCH3 is 1. The second-order valence-corrected chi connectivity index (χ2v) is 8.09. The molecule has 0 bridgehead atoms. The van der Waals surface area contributed by atoms with Crippen LogP contribution in [0.15, 0.2) is 18.2 Å². The first-order chi connectivity index (χ1) is 9.87. The average Bonchev–Trinajstić information content (AvgIpc) is 2.37. The highest BCUT2D eigenvalue weighted by Gasteiger charge is 2.20. The monoisotopic (exact) mass is 333 g/mol. The van der Waals surface area contributed by atoms with Gasteiger partial charge in [0, 0.05) is 17.2 Å². The summed E-state index contributed by atoms with van der Waals surface area (Å²) in [7, 11) is 5.33. The smallest absolute Gasteiger partial charge is 0.236 e. The molecule has 0 N–H and O–H groups in total. The van der Waals surface area contributed by atoms with Gasteiger partial charge in [0.25, 0.3) is 0 Å². The standard InChI is InChI=1S/C14H20ClNO4S/c1-16-7-3-4-12(9-16)20-14-8-11(10-21(15,17)18)5-6-13(14)19-2/h5-6,8,12H,3-4,7,9-10H2,1-2H3. The summed E-state index contributed by atoms with van der Waals surface area (Å²) in [5.74, 6) is 0.939. The summed E-state index contributed by atoms with van der Waals surface area (Å²) in [6.07, 6.45) is 2.14. The Balaban J connectivity index is 2.17. The zero-order chi connectivity index (χ0) is 15.5. The van der Waals surface area contributed by atoms with Crippen molar-refractivity contribution in [1.29, 1.82) is 0 Å². The van der Waals surface area contributed by atoms with E-state index in [9.17, 15) is 8.42 Å². The lowest BCUT2D eigenvalue weighted by molar-refractivity contribution is 0.101. The maximum Gasteiger partial charge on any atom is 0.236 e. The minimum atomic E-state index is -3.59. The van der Waals surface area contributed by atoms with Gasteiger partial charge in [-0.05, 0) is 44.1 Å². The fourth-order valence-corrected chi connectivity index (χ4v) is 3.45. The lowest BCUT2D eigenvalue weighted by Gasteiger charge is -2.30. The lowest BCUT2D eigenvalue weighted by atomic mass is 10.1. The number of likely N-dealkylation sites (tertiary alicyclic amines) is 1. The molecule has 0 aliphatic carbocycles. The lowest BCUT2D eigenvalue weighted by Crippen LogP contribution is -2.38. The van der Waals surface area contributed by atoms with Crippen LogP contribution in [0.1, 0.15) is 18.4 Å². The number of hydrogen-bond donors (Lipinski definition) is 0. The first-order valence-electron chi connectivity index (χ1n) is 6.82. The number of nitrogens with zero attached hydrogens (tertiary/aromatic N) is 1. The van der Waals surface area contributed by atoms with E-state index < -0.39 is 9.05 Å². The molecule has 1 saturated heterocycles. The van der Waals surface area contributed by atoms with Crippen molar-refractivity contribution in [2.24, 2.45) is 0 Å². The normalized spacial score (nSPS) is 20.2.